The average molecular weight is 641 g/mol. The number of allylic oxidation sites excluding steroid dienone is 3. The molecular formula is C36H40N4O7. The van der Waals surface area contributed by atoms with Gasteiger partial charge in [-0.3, -0.25) is 23.6 Å². The fourth-order valence-electron chi connectivity index (χ4n) is 6.72. The number of carbonyl (C=O) groups is 4. The van der Waals surface area contributed by atoms with Gasteiger partial charge in [-0.2, -0.15) is 0 Å². The number of amides is 1. The number of aromatic amines is 1. The molecule has 5 heterocycles. The SMILES string of the molecule is CCC1=C(C)C(=O)N=C1/C=c1/[nH]/c(=C\c2c(CCC(=O)OC)c(C)c3cc4n(c(=O)n23)C(=O)C(C)=C4CC)c(CCC(=O)OC)c1C. The van der Waals surface area contributed by atoms with Crippen molar-refractivity contribution < 1.29 is 28.7 Å². The number of aromatic nitrogens is 3. The van der Waals surface area contributed by atoms with Crippen LogP contribution in [0.4, 0.5) is 0 Å². The third kappa shape index (κ3) is 5.64. The number of carbonyl (C=O) groups excluding carboxylic acids is 4. The molecule has 0 saturated heterocycles. The van der Waals surface area contributed by atoms with Crippen molar-refractivity contribution in [1.29, 1.82) is 0 Å². The average Bonchev–Trinajstić information content (AvgIpc) is 3.68. The maximum atomic E-state index is 14.2. The van der Waals surface area contributed by atoms with Crippen LogP contribution in [0, 0.1) is 13.8 Å². The summed E-state index contributed by atoms with van der Waals surface area (Å²) in [5.74, 6) is -1.38. The Morgan fingerprint density at radius 2 is 1.45 bits per heavy atom. The molecule has 2 aliphatic rings. The summed E-state index contributed by atoms with van der Waals surface area (Å²) in [4.78, 5) is 72.2. The second-order valence-corrected chi connectivity index (χ2v) is 11.9. The van der Waals surface area contributed by atoms with Gasteiger partial charge in [-0.05, 0) is 105 Å². The number of fused-ring (bicyclic) bond motifs is 2. The second kappa shape index (κ2) is 13.0. The Morgan fingerprint density at radius 3 is 2.04 bits per heavy atom. The van der Waals surface area contributed by atoms with E-state index in [4.69, 9.17) is 9.47 Å². The van der Waals surface area contributed by atoms with Gasteiger partial charge in [-0.15, -0.1) is 0 Å². The van der Waals surface area contributed by atoms with Crippen LogP contribution in [0.2, 0.25) is 0 Å². The number of hydrogen-bond acceptors (Lipinski definition) is 7. The van der Waals surface area contributed by atoms with Gasteiger partial charge in [0.05, 0.1) is 36.8 Å². The fraction of sp³-hybridized carbons (Fsp3) is 0.389. The zero-order valence-corrected chi connectivity index (χ0v) is 28.2. The summed E-state index contributed by atoms with van der Waals surface area (Å²) >= 11 is 0. The highest BCUT2D eigenvalue weighted by molar-refractivity contribution is 6.30. The first-order chi connectivity index (χ1) is 22.4. The highest BCUT2D eigenvalue weighted by atomic mass is 16.5. The number of aryl methyl sites for hydroxylation is 1. The van der Waals surface area contributed by atoms with Crippen LogP contribution in [0.15, 0.2) is 32.6 Å². The minimum absolute atomic E-state index is 0.0889. The minimum atomic E-state index is -0.498. The highest BCUT2D eigenvalue weighted by Crippen LogP contribution is 2.32. The van der Waals surface area contributed by atoms with E-state index in [0.29, 0.717) is 70.1 Å². The molecule has 0 bridgehead atoms. The molecule has 0 aliphatic carbocycles. The molecule has 1 N–H and O–H groups in total. The van der Waals surface area contributed by atoms with Crippen molar-refractivity contribution in [3.8, 4) is 0 Å². The molecule has 0 saturated carbocycles. The van der Waals surface area contributed by atoms with E-state index in [-0.39, 0.29) is 36.6 Å². The summed E-state index contributed by atoms with van der Waals surface area (Å²) in [5, 5.41) is 1.34. The van der Waals surface area contributed by atoms with Crippen molar-refractivity contribution >= 4 is 52.7 Å². The Morgan fingerprint density at radius 1 is 0.830 bits per heavy atom. The number of rotatable bonds is 10. The van der Waals surface area contributed by atoms with E-state index >= 15 is 0 Å². The van der Waals surface area contributed by atoms with Gasteiger partial charge in [0.2, 0.25) is 0 Å². The Labute approximate surface area is 272 Å². The molecule has 0 spiro atoms. The molecule has 5 rings (SSSR count). The van der Waals surface area contributed by atoms with Crippen LogP contribution in [0.1, 0.15) is 91.8 Å². The summed E-state index contributed by atoms with van der Waals surface area (Å²) in [7, 11) is 2.67. The smallest absolute Gasteiger partial charge is 0.340 e. The molecule has 0 fully saturated rings. The van der Waals surface area contributed by atoms with Crippen LogP contribution >= 0.6 is 0 Å². The summed E-state index contributed by atoms with van der Waals surface area (Å²) < 4.78 is 12.6. The lowest BCUT2D eigenvalue weighted by molar-refractivity contribution is -0.141. The van der Waals surface area contributed by atoms with Crippen LogP contribution in [-0.4, -0.2) is 57.6 Å². The van der Waals surface area contributed by atoms with Crippen molar-refractivity contribution in [3.63, 3.8) is 0 Å². The monoisotopic (exact) mass is 640 g/mol. The first kappa shape index (κ1) is 33.3. The number of aliphatic imine (C=N–C) groups is 1. The second-order valence-electron chi connectivity index (χ2n) is 11.9. The lowest BCUT2D eigenvalue weighted by Gasteiger charge is -2.08. The van der Waals surface area contributed by atoms with Gasteiger partial charge in [0.15, 0.2) is 0 Å². The van der Waals surface area contributed by atoms with Crippen LogP contribution < -0.4 is 16.4 Å². The van der Waals surface area contributed by atoms with Gasteiger partial charge in [0.25, 0.3) is 11.8 Å². The van der Waals surface area contributed by atoms with Gasteiger partial charge in [0.1, 0.15) is 0 Å². The molecule has 0 atom stereocenters. The standard InChI is InChI=1S/C36H40N4O7/c1-9-22-20(5)34(43)38-27(22)15-26-18(3)24(11-13-32(41)46-7)28(37-26)16-30-25(12-14-33(42)47-8)19(4)29-17-31-23(10-2)21(6)35(44)40(31)36(45)39(29)30/h15-17,37H,9-14H2,1-8H3/b26-15+,28-16-. The largest absolute Gasteiger partial charge is 0.469 e. The van der Waals surface area contributed by atoms with Crippen LogP contribution in [0.25, 0.3) is 23.2 Å². The molecule has 11 nitrogen and oxygen atoms in total. The van der Waals surface area contributed by atoms with Crippen molar-refractivity contribution in [2.45, 2.75) is 80.1 Å². The van der Waals surface area contributed by atoms with E-state index in [1.165, 1.54) is 23.2 Å². The summed E-state index contributed by atoms with van der Waals surface area (Å²) in [6.07, 6.45) is 5.74. The van der Waals surface area contributed by atoms with Gasteiger partial charge in [-0.1, -0.05) is 13.8 Å². The number of esters is 2. The van der Waals surface area contributed by atoms with Crippen molar-refractivity contribution in [1.82, 2.24) is 14.0 Å². The molecule has 11 heteroatoms. The van der Waals surface area contributed by atoms with Crippen molar-refractivity contribution in [3.05, 3.63) is 77.6 Å². The number of H-pyrrole nitrogens is 1. The van der Waals surface area contributed by atoms with Crippen molar-refractivity contribution in [2.24, 2.45) is 4.99 Å². The van der Waals surface area contributed by atoms with E-state index in [9.17, 15) is 24.0 Å². The number of methoxy groups -OCH3 is 2. The molecule has 0 aromatic carbocycles. The Balaban J connectivity index is 1.83. The summed E-state index contributed by atoms with van der Waals surface area (Å²) in [6.45, 7) is 11.3. The lowest BCUT2D eigenvalue weighted by Crippen LogP contribution is -2.31. The normalized spacial score (nSPS) is 15.4. The topological polar surface area (TPSA) is 141 Å². The number of nitrogens with zero attached hydrogens (tertiary/aromatic N) is 3. The quantitative estimate of drug-likeness (QED) is 0.335. The Hall–Kier alpha value is -5.06. The van der Waals surface area contributed by atoms with Gasteiger partial charge in [-0.25, -0.2) is 14.4 Å². The molecule has 246 valence electrons. The van der Waals surface area contributed by atoms with E-state index in [1.807, 2.05) is 45.9 Å². The Bertz CT molecular complexity index is 2170. The predicted octanol–water partition coefficient (Wildman–Crippen LogP) is 3.41. The van der Waals surface area contributed by atoms with Gasteiger partial charge < -0.3 is 14.5 Å². The molecular weight excluding hydrogens is 600 g/mol. The number of hydrogen-bond donors (Lipinski definition) is 1. The third-order valence-corrected chi connectivity index (χ3v) is 9.45. The number of nitrogens with one attached hydrogen (secondary N) is 1. The van der Waals surface area contributed by atoms with Crippen LogP contribution in [-0.2, 0) is 36.7 Å². The molecule has 3 aromatic heterocycles. The summed E-state index contributed by atoms with van der Waals surface area (Å²) in [5.41, 5.74) is 7.90. The molecule has 0 radical (unpaired) electrons. The third-order valence-electron chi connectivity index (χ3n) is 9.45. The lowest BCUT2D eigenvalue weighted by atomic mass is 10.0. The number of ether oxygens (including phenoxy) is 2. The van der Waals surface area contributed by atoms with Crippen molar-refractivity contribution in [2.75, 3.05) is 14.2 Å². The maximum Gasteiger partial charge on any atom is 0.340 e. The van der Waals surface area contributed by atoms with Gasteiger partial charge >= 0.3 is 17.6 Å². The summed E-state index contributed by atoms with van der Waals surface area (Å²) in [6, 6.07) is 1.87. The van der Waals surface area contributed by atoms with E-state index < -0.39 is 5.69 Å². The molecule has 3 aromatic rings. The molecule has 1 amide bonds. The first-order valence-electron chi connectivity index (χ1n) is 15.8. The molecule has 2 aliphatic heterocycles. The molecule has 0 unspecified atom stereocenters. The van der Waals surface area contributed by atoms with E-state index in [1.54, 1.807) is 13.8 Å². The van der Waals surface area contributed by atoms with E-state index in [2.05, 4.69) is 9.98 Å². The highest BCUT2D eigenvalue weighted by Gasteiger charge is 2.30. The van der Waals surface area contributed by atoms with Crippen LogP contribution in [0.3, 0.4) is 0 Å². The Kier molecular flexibility index (Phi) is 9.20. The zero-order valence-electron chi connectivity index (χ0n) is 28.2. The first-order valence-corrected chi connectivity index (χ1v) is 15.8. The van der Waals surface area contributed by atoms with Gasteiger partial charge in [0, 0.05) is 34.7 Å². The van der Waals surface area contributed by atoms with Crippen LogP contribution in [0.5, 0.6) is 0 Å². The van der Waals surface area contributed by atoms with E-state index in [0.717, 1.165) is 33.4 Å². The predicted molar refractivity (Wildman–Crippen MR) is 179 cm³/mol. The minimum Gasteiger partial charge on any atom is -0.469 e. The fourth-order valence-corrected chi connectivity index (χ4v) is 6.72. The molecule has 47 heavy (non-hydrogen) atoms. The zero-order chi connectivity index (χ0) is 34.3. The maximum absolute atomic E-state index is 14.2.